The number of hydrogen-bond donors (Lipinski definition) is 2. The summed E-state index contributed by atoms with van der Waals surface area (Å²) in [6, 6.07) is 0.175. The summed E-state index contributed by atoms with van der Waals surface area (Å²) in [5.41, 5.74) is 0.988. The quantitative estimate of drug-likeness (QED) is 0.703. The van der Waals surface area contributed by atoms with Crippen molar-refractivity contribution in [1.82, 2.24) is 34.8 Å². The van der Waals surface area contributed by atoms with Gasteiger partial charge in [-0.2, -0.15) is 15.1 Å². The molecule has 0 unspecified atom stereocenters. The predicted octanol–water partition coefficient (Wildman–Crippen LogP) is 0.202. The van der Waals surface area contributed by atoms with E-state index in [9.17, 15) is 4.79 Å². The molecule has 0 aromatic carbocycles. The van der Waals surface area contributed by atoms with E-state index in [-0.39, 0.29) is 17.9 Å². The maximum Gasteiger partial charge on any atom is 0.337 e. The lowest BCUT2D eigenvalue weighted by atomic mass is 10.2. The van der Waals surface area contributed by atoms with Crippen molar-refractivity contribution < 1.29 is 9.53 Å². The molecule has 10 heteroatoms. The van der Waals surface area contributed by atoms with Crippen LogP contribution in [0.4, 0.5) is 5.95 Å². The van der Waals surface area contributed by atoms with Crippen molar-refractivity contribution in [2.45, 2.75) is 13.8 Å². The number of carbonyl (C=O) groups excluding carboxylic acids is 1. The molecule has 0 radical (unpaired) electrons. The summed E-state index contributed by atoms with van der Waals surface area (Å²) in [7, 11) is 0. The molecular weight excluding hydrogens is 276 g/mol. The van der Waals surface area contributed by atoms with Crippen molar-refractivity contribution in [3.8, 4) is 6.01 Å². The Morgan fingerprint density at radius 2 is 2.33 bits per heavy atom. The van der Waals surface area contributed by atoms with E-state index in [0.29, 0.717) is 23.6 Å². The summed E-state index contributed by atoms with van der Waals surface area (Å²) in [5.74, 6) is 0.250. The third kappa shape index (κ3) is 2.38. The van der Waals surface area contributed by atoms with Crippen molar-refractivity contribution >= 4 is 17.6 Å². The van der Waals surface area contributed by atoms with E-state index >= 15 is 0 Å². The standard InChI is InChI=1S/C11H12N8O2/c1-3-21-11-16-9(17-18-11)15-8(20)7-4-12-10-13-5-14-19(10)6(7)2/h4-5H,3H2,1-2H3,(H2,15,16,17,18,20). The van der Waals surface area contributed by atoms with Crippen LogP contribution in [-0.2, 0) is 0 Å². The Bertz CT molecular complexity index is 792. The summed E-state index contributed by atoms with van der Waals surface area (Å²) in [4.78, 5) is 24.2. The summed E-state index contributed by atoms with van der Waals surface area (Å²) in [6.45, 7) is 4.01. The maximum absolute atomic E-state index is 12.2. The number of amides is 1. The molecule has 0 bridgehead atoms. The van der Waals surface area contributed by atoms with Gasteiger partial charge < -0.3 is 4.74 Å². The Hall–Kier alpha value is -3.04. The smallest absolute Gasteiger partial charge is 0.337 e. The monoisotopic (exact) mass is 288 g/mol. The number of aromatic nitrogens is 7. The van der Waals surface area contributed by atoms with E-state index in [1.807, 2.05) is 6.92 Å². The van der Waals surface area contributed by atoms with Crippen molar-refractivity contribution in [2.24, 2.45) is 0 Å². The van der Waals surface area contributed by atoms with Crippen LogP contribution in [-0.4, -0.2) is 47.3 Å². The molecule has 10 nitrogen and oxygen atoms in total. The molecule has 2 N–H and O–H groups in total. The highest BCUT2D eigenvalue weighted by molar-refractivity contribution is 6.03. The third-order valence-electron chi connectivity index (χ3n) is 2.76. The second-order valence-electron chi connectivity index (χ2n) is 4.08. The van der Waals surface area contributed by atoms with E-state index < -0.39 is 0 Å². The minimum Gasteiger partial charge on any atom is -0.463 e. The average molecular weight is 288 g/mol. The number of ether oxygens (including phenoxy) is 1. The van der Waals surface area contributed by atoms with Gasteiger partial charge in [-0.3, -0.25) is 10.1 Å². The molecule has 108 valence electrons. The topological polar surface area (TPSA) is 123 Å². The number of H-pyrrole nitrogens is 1. The van der Waals surface area contributed by atoms with Gasteiger partial charge in [0, 0.05) is 6.20 Å². The molecule has 21 heavy (non-hydrogen) atoms. The molecule has 3 aromatic heterocycles. The average Bonchev–Trinajstić information content (AvgIpc) is 3.09. The van der Waals surface area contributed by atoms with Crippen LogP contribution in [0.1, 0.15) is 23.0 Å². The second-order valence-corrected chi connectivity index (χ2v) is 4.08. The van der Waals surface area contributed by atoms with Gasteiger partial charge in [-0.25, -0.2) is 14.6 Å². The van der Waals surface area contributed by atoms with Crippen LogP contribution in [0.3, 0.4) is 0 Å². The molecule has 0 aliphatic carbocycles. The molecule has 0 saturated heterocycles. The molecule has 0 atom stereocenters. The molecule has 0 saturated carbocycles. The van der Waals surface area contributed by atoms with E-state index in [2.05, 4.69) is 35.6 Å². The first-order chi connectivity index (χ1) is 10.2. The molecule has 3 heterocycles. The largest absolute Gasteiger partial charge is 0.463 e. The lowest BCUT2D eigenvalue weighted by Gasteiger charge is -2.05. The number of nitrogens with zero attached hydrogens (tertiary/aromatic N) is 6. The number of aryl methyl sites for hydroxylation is 1. The second kappa shape index (κ2) is 5.15. The number of rotatable bonds is 4. The lowest BCUT2D eigenvalue weighted by molar-refractivity contribution is 0.102. The van der Waals surface area contributed by atoms with E-state index in [0.717, 1.165) is 0 Å². The van der Waals surface area contributed by atoms with Crippen LogP contribution >= 0.6 is 0 Å². The van der Waals surface area contributed by atoms with Gasteiger partial charge >= 0.3 is 6.01 Å². The number of fused-ring (bicyclic) bond motifs is 1. The fourth-order valence-electron chi connectivity index (χ4n) is 1.78. The first-order valence-corrected chi connectivity index (χ1v) is 6.21. The number of carbonyl (C=O) groups is 1. The van der Waals surface area contributed by atoms with Crippen LogP contribution in [0, 0.1) is 6.92 Å². The number of aromatic amines is 1. The number of anilines is 1. The molecular formula is C11H12N8O2. The van der Waals surface area contributed by atoms with Gasteiger partial charge in [0.2, 0.25) is 5.95 Å². The molecule has 1 amide bonds. The Morgan fingerprint density at radius 3 is 3.14 bits per heavy atom. The molecule has 0 aliphatic rings. The highest BCUT2D eigenvalue weighted by Crippen LogP contribution is 2.11. The van der Waals surface area contributed by atoms with Gasteiger partial charge in [-0.15, -0.1) is 5.10 Å². The Balaban J connectivity index is 1.84. The van der Waals surface area contributed by atoms with Crippen LogP contribution in [0.15, 0.2) is 12.5 Å². The van der Waals surface area contributed by atoms with Crippen molar-refractivity contribution in [3.63, 3.8) is 0 Å². The van der Waals surface area contributed by atoms with Crippen LogP contribution in [0.2, 0.25) is 0 Å². The lowest BCUT2D eigenvalue weighted by Crippen LogP contribution is -2.17. The summed E-state index contributed by atoms with van der Waals surface area (Å²) in [6.07, 6.45) is 2.82. The van der Waals surface area contributed by atoms with Gasteiger partial charge in [0.1, 0.15) is 6.33 Å². The van der Waals surface area contributed by atoms with Crippen LogP contribution in [0.25, 0.3) is 5.78 Å². The highest BCUT2D eigenvalue weighted by Gasteiger charge is 2.15. The Kier molecular flexibility index (Phi) is 3.18. The summed E-state index contributed by atoms with van der Waals surface area (Å²) < 4.78 is 6.59. The van der Waals surface area contributed by atoms with Gasteiger partial charge in [0.05, 0.1) is 17.9 Å². The van der Waals surface area contributed by atoms with Gasteiger partial charge in [0.25, 0.3) is 11.7 Å². The van der Waals surface area contributed by atoms with Gasteiger partial charge in [-0.05, 0) is 13.8 Å². The zero-order valence-electron chi connectivity index (χ0n) is 11.4. The molecule has 0 spiro atoms. The van der Waals surface area contributed by atoms with E-state index in [1.165, 1.54) is 17.0 Å². The zero-order valence-corrected chi connectivity index (χ0v) is 11.4. The first-order valence-electron chi connectivity index (χ1n) is 6.21. The van der Waals surface area contributed by atoms with Crippen molar-refractivity contribution in [1.29, 1.82) is 0 Å². The zero-order chi connectivity index (χ0) is 14.8. The van der Waals surface area contributed by atoms with Gasteiger partial charge in [-0.1, -0.05) is 0 Å². The van der Waals surface area contributed by atoms with E-state index in [4.69, 9.17) is 4.74 Å². The summed E-state index contributed by atoms with van der Waals surface area (Å²) in [5, 5.41) is 13.0. The fraction of sp³-hybridized carbons (Fsp3) is 0.273. The maximum atomic E-state index is 12.2. The number of nitrogens with one attached hydrogen (secondary N) is 2. The van der Waals surface area contributed by atoms with Gasteiger partial charge in [0.15, 0.2) is 0 Å². The van der Waals surface area contributed by atoms with E-state index in [1.54, 1.807) is 6.92 Å². The minimum atomic E-state index is -0.378. The fourth-order valence-corrected chi connectivity index (χ4v) is 1.78. The normalized spacial score (nSPS) is 10.8. The molecule has 0 aliphatic heterocycles. The minimum absolute atomic E-state index is 0.175. The molecule has 3 aromatic rings. The van der Waals surface area contributed by atoms with Crippen molar-refractivity contribution in [3.05, 3.63) is 23.8 Å². The molecule has 3 rings (SSSR count). The Labute approximate surface area is 118 Å². The Morgan fingerprint density at radius 1 is 1.48 bits per heavy atom. The first kappa shape index (κ1) is 13.0. The highest BCUT2D eigenvalue weighted by atomic mass is 16.5. The van der Waals surface area contributed by atoms with Crippen LogP contribution < -0.4 is 10.1 Å². The van der Waals surface area contributed by atoms with Crippen LogP contribution in [0.5, 0.6) is 6.01 Å². The van der Waals surface area contributed by atoms with Crippen molar-refractivity contribution in [2.75, 3.05) is 11.9 Å². The molecule has 0 fully saturated rings. The predicted molar refractivity (Wildman–Crippen MR) is 71.0 cm³/mol. The summed E-state index contributed by atoms with van der Waals surface area (Å²) >= 11 is 0. The number of hydrogen-bond acceptors (Lipinski definition) is 7. The third-order valence-corrected chi connectivity index (χ3v) is 2.76. The SMILES string of the molecule is CCOc1n[nH]c(NC(=O)c2cnc3ncnn3c2C)n1.